The fourth-order valence-electron chi connectivity index (χ4n) is 6.99. The van der Waals surface area contributed by atoms with Crippen LogP contribution in [-0.4, -0.2) is 80.6 Å². The zero-order chi connectivity index (χ0) is 44.2. The van der Waals surface area contributed by atoms with Gasteiger partial charge in [-0.2, -0.15) is 0 Å². The molecule has 0 aliphatic heterocycles. The Hall–Kier alpha value is -2.97. The van der Waals surface area contributed by atoms with Crippen LogP contribution >= 0.6 is 0 Å². The lowest BCUT2D eigenvalue weighted by molar-refractivity contribution is -0.887. The number of allylic oxidation sites excluding steroid dienone is 9. The molecule has 0 aromatic rings. The normalized spacial score (nSPS) is 13.4. The number of hydrogen-bond acceptors (Lipinski definition) is 6. The molecule has 0 aromatic carbocycles. The molecule has 1 N–H and O–H groups in total. The van der Waals surface area contributed by atoms with Crippen molar-refractivity contribution in [1.82, 2.24) is 0 Å². The van der Waals surface area contributed by atoms with Crippen LogP contribution < -0.4 is 0 Å². The van der Waals surface area contributed by atoms with Crippen molar-refractivity contribution in [3.8, 4) is 0 Å². The largest absolute Gasteiger partial charge is 0.477 e. The van der Waals surface area contributed by atoms with Crippen LogP contribution in [0.5, 0.6) is 0 Å². The Bertz CT molecular complexity index is 1170. The van der Waals surface area contributed by atoms with Crippen molar-refractivity contribution in [1.29, 1.82) is 0 Å². The van der Waals surface area contributed by atoms with E-state index >= 15 is 0 Å². The summed E-state index contributed by atoms with van der Waals surface area (Å²) in [4.78, 5) is 37.0. The molecule has 0 spiro atoms. The van der Waals surface area contributed by atoms with E-state index in [1.54, 1.807) is 6.08 Å². The number of likely N-dealkylation sites (N-methyl/N-ethyl adjacent to an activating group) is 1. The number of quaternary nitrogens is 1. The van der Waals surface area contributed by atoms with Crippen molar-refractivity contribution in [2.45, 2.75) is 212 Å². The molecule has 0 aliphatic rings. The molecule has 0 amide bonds. The highest BCUT2D eigenvalue weighted by molar-refractivity contribution is 5.72. The third kappa shape index (κ3) is 40.4. The molecule has 0 radical (unpaired) electrons. The first-order valence-corrected chi connectivity index (χ1v) is 24.3. The van der Waals surface area contributed by atoms with Gasteiger partial charge in [-0.3, -0.25) is 9.59 Å². The van der Waals surface area contributed by atoms with E-state index < -0.39 is 24.1 Å². The Morgan fingerprint density at radius 1 is 0.517 bits per heavy atom. The Morgan fingerprint density at radius 3 is 1.32 bits per heavy atom. The number of esters is 2. The molecule has 0 saturated heterocycles. The molecule has 0 aromatic heterocycles. The standard InChI is InChI=1S/C52H91NO7/c1-6-8-10-12-14-16-18-20-22-23-24-25-26-27-29-30-32-34-36-38-40-42-50(54)59-47-48(46-58-45-44-49(52(56)57)53(3,4)5)60-51(55)43-41-39-37-35-33-31-28-21-19-17-15-13-11-9-7-2/h9,11,15,17,21,28,33,35,39,41,48-49H,6-8,10,12-14,16,18-20,22-27,29-32,34,36-38,40,42-47H2,1-5H3/p+1/b11-9-,17-15-,28-21-,35-33-,41-39-. The summed E-state index contributed by atoms with van der Waals surface area (Å²) in [6.07, 6.45) is 53.1. The van der Waals surface area contributed by atoms with Gasteiger partial charge in [-0.1, -0.05) is 203 Å². The highest BCUT2D eigenvalue weighted by Gasteiger charge is 2.31. The number of unbranched alkanes of at least 4 members (excludes halogenated alkanes) is 20. The number of ether oxygens (including phenoxy) is 3. The lowest BCUT2D eigenvalue weighted by atomic mass is 10.0. The average Bonchev–Trinajstić information content (AvgIpc) is 3.21. The van der Waals surface area contributed by atoms with E-state index in [0.29, 0.717) is 19.3 Å². The van der Waals surface area contributed by atoms with Gasteiger partial charge < -0.3 is 23.8 Å². The van der Waals surface area contributed by atoms with Crippen LogP contribution in [-0.2, 0) is 28.6 Å². The van der Waals surface area contributed by atoms with E-state index in [4.69, 9.17) is 14.2 Å². The van der Waals surface area contributed by atoms with Gasteiger partial charge in [0.2, 0.25) is 0 Å². The van der Waals surface area contributed by atoms with Gasteiger partial charge in [-0.15, -0.1) is 0 Å². The SMILES string of the molecule is CC/C=C\C/C=C\C/C=C\C/C=C\C/C=C\CC(=O)OC(COCCC(C(=O)O)[N+](C)(C)C)COC(=O)CCCCCCCCCCCCCCCCCCCCCCC. The summed E-state index contributed by atoms with van der Waals surface area (Å²) in [7, 11) is 5.50. The summed E-state index contributed by atoms with van der Waals surface area (Å²) in [5, 5.41) is 9.63. The summed E-state index contributed by atoms with van der Waals surface area (Å²) in [6, 6.07) is -0.631. The summed E-state index contributed by atoms with van der Waals surface area (Å²) >= 11 is 0. The van der Waals surface area contributed by atoms with Crippen LogP contribution in [0.15, 0.2) is 60.8 Å². The molecule has 0 rings (SSSR count). The van der Waals surface area contributed by atoms with E-state index in [1.165, 1.54) is 116 Å². The monoisotopic (exact) mass is 843 g/mol. The summed E-state index contributed by atoms with van der Waals surface area (Å²) in [6.45, 7) is 4.53. The third-order valence-electron chi connectivity index (χ3n) is 10.7. The number of hydrogen-bond donors (Lipinski definition) is 1. The van der Waals surface area contributed by atoms with E-state index in [-0.39, 0.29) is 36.7 Å². The second-order valence-electron chi connectivity index (χ2n) is 17.4. The van der Waals surface area contributed by atoms with Gasteiger partial charge in [-0.25, -0.2) is 4.79 Å². The first kappa shape index (κ1) is 57.0. The highest BCUT2D eigenvalue weighted by atomic mass is 16.6. The molecule has 346 valence electrons. The molecule has 8 heteroatoms. The van der Waals surface area contributed by atoms with Gasteiger partial charge in [0.15, 0.2) is 12.1 Å². The minimum atomic E-state index is -0.889. The van der Waals surface area contributed by atoms with Gasteiger partial charge in [-0.05, 0) is 38.5 Å². The molecule has 60 heavy (non-hydrogen) atoms. The predicted molar refractivity (Wildman–Crippen MR) is 252 cm³/mol. The molecule has 0 saturated carbocycles. The average molecular weight is 843 g/mol. The zero-order valence-corrected chi connectivity index (χ0v) is 39.4. The van der Waals surface area contributed by atoms with Crippen LogP contribution in [0.2, 0.25) is 0 Å². The Kier molecular flexibility index (Phi) is 40.6. The van der Waals surface area contributed by atoms with Gasteiger partial charge >= 0.3 is 17.9 Å². The number of carboxylic acid groups (broad SMARTS) is 1. The smallest absolute Gasteiger partial charge is 0.362 e. The first-order valence-electron chi connectivity index (χ1n) is 24.3. The van der Waals surface area contributed by atoms with Crippen LogP contribution in [0.3, 0.4) is 0 Å². The van der Waals surface area contributed by atoms with Crippen LogP contribution in [0.25, 0.3) is 0 Å². The van der Waals surface area contributed by atoms with Gasteiger partial charge in [0.05, 0.1) is 40.8 Å². The second kappa shape index (κ2) is 42.7. The van der Waals surface area contributed by atoms with Crippen molar-refractivity contribution in [3.63, 3.8) is 0 Å². The summed E-state index contributed by atoms with van der Waals surface area (Å²) < 4.78 is 17.2. The number of nitrogens with zero attached hydrogens (tertiary/aromatic N) is 1. The maximum atomic E-state index is 12.7. The first-order chi connectivity index (χ1) is 29.1. The maximum absolute atomic E-state index is 12.7. The minimum Gasteiger partial charge on any atom is -0.477 e. The fourth-order valence-corrected chi connectivity index (χ4v) is 6.99. The zero-order valence-electron chi connectivity index (χ0n) is 39.4. The van der Waals surface area contributed by atoms with Crippen LogP contribution in [0, 0.1) is 0 Å². The predicted octanol–water partition coefficient (Wildman–Crippen LogP) is 13.8. The van der Waals surface area contributed by atoms with E-state index in [1.807, 2.05) is 27.2 Å². The number of aliphatic carboxylic acids is 1. The summed E-state index contributed by atoms with van der Waals surface area (Å²) in [5.74, 6) is -1.62. The highest BCUT2D eigenvalue weighted by Crippen LogP contribution is 2.16. The number of rotatable bonds is 43. The van der Waals surface area contributed by atoms with Crippen molar-refractivity contribution >= 4 is 17.9 Å². The van der Waals surface area contributed by atoms with Gasteiger partial charge in [0.25, 0.3) is 0 Å². The van der Waals surface area contributed by atoms with Crippen molar-refractivity contribution in [2.75, 3.05) is 41.0 Å². The topological polar surface area (TPSA) is 99.1 Å². The van der Waals surface area contributed by atoms with Crippen molar-refractivity contribution < 1.29 is 38.2 Å². The number of carboxylic acids is 1. The third-order valence-corrected chi connectivity index (χ3v) is 10.7. The molecule has 2 unspecified atom stereocenters. The van der Waals surface area contributed by atoms with Crippen LogP contribution in [0.1, 0.15) is 200 Å². The molecule has 0 heterocycles. The molecular weight excluding hydrogens is 751 g/mol. The van der Waals surface area contributed by atoms with E-state index in [2.05, 4.69) is 62.5 Å². The van der Waals surface area contributed by atoms with Crippen LogP contribution in [0.4, 0.5) is 0 Å². The quantitative estimate of drug-likeness (QED) is 0.0282. The number of carbonyl (C=O) groups is 3. The lowest BCUT2D eigenvalue weighted by Gasteiger charge is -2.31. The second-order valence-corrected chi connectivity index (χ2v) is 17.4. The minimum absolute atomic E-state index is 0.0214. The molecule has 2 atom stereocenters. The van der Waals surface area contributed by atoms with Gasteiger partial charge in [0, 0.05) is 12.8 Å². The van der Waals surface area contributed by atoms with Crippen molar-refractivity contribution in [3.05, 3.63) is 60.8 Å². The fraction of sp³-hybridized carbons (Fsp3) is 0.750. The Balaban J connectivity index is 4.32. The maximum Gasteiger partial charge on any atom is 0.362 e. The molecule has 0 aliphatic carbocycles. The Morgan fingerprint density at radius 2 is 0.917 bits per heavy atom. The van der Waals surface area contributed by atoms with Crippen molar-refractivity contribution in [2.24, 2.45) is 0 Å². The summed E-state index contributed by atoms with van der Waals surface area (Å²) in [5.41, 5.74) is 0. The molecular formula is C52H92NO7+. The molecule has 0 fully saturated rings. The molecule has 0 bridgehead atoms. The Labute approximate surface area is 368 Å². The van der Waals surface area contributed by atoms with E-state index in [0.717, 1.165) is 44.9 Å². The van der Waals surface area contributed by atoms with Gasteiger partial charge in [0.1, 0.15) is 6.61 Å². The molecule has 8 nitrogen and oxygen atoms in total. The number of carbonyl (C=O) groups excluding carboxylic acids is 2. The lowest BCUT2D eigenvalue weighted by Crippen LogP contribution is -2.50. The van der Waals surface area contributed by atoms with E-state index in [9.17, 15) is 19.5 Å².